The molecule has 1 aliphatic rings. The molecule has 16 heavy (non-hydrogen) atoms. The summed E-state index contributed by atoms with van der Waals surface area (Å²) in [5.41, 5.74) is 3.43. The molecule has 1 aromatic rings. The summed E-state index contributed by atoms with van der Waals surface area (Å²) in [6.45, 7) is 4.10. The average molecular weight is 254 g/mol. The van der Waals surface area contributed by atoms with Crippen molar-refractivity contribution in [3.05, 3.63) is 57.4 Å². The van der Waals surface area contributed by atoms with E-state index in [0.717, 1.165) is 17.0 Å². The van der Waals surface area contributed by atoms with Crippen LogP contribution in [0.15, 0.2) is 41.7 Å². The van der Waals surface area contributed by atoms with E-state index in [0.29, 0.717) is 10.0 Å². The number of hydrogen-bond acceptors (Lipinski definition) is 1. The zero-order valence-corrected chi connectivity index (χ0v) is 10.7. The van der Waals surface area contributed by atoms with Crippen LogP contribution in [0.2, 0.25) is 10.0 Å². The molecule has 2 rings (SSSR count). The van der Waals surface area contributed by atoms with E-state index in [4.69, 9.17) is 23.2 Å². The second-order valence-corrected chi connectivity index (χ2v) is 4.93. The molecule has 0 spiro atoms. The fraction of sp³-hybridized carbons (Fsp3) is 0.231. The Morgan fingerprint density at radius 2 is 1.44 bits per heavy atom. The number of benzene rings is 1. The summed E-state index contributed by atoms with van der Waals surface area (Å²) in [5, 5.41) is 4.62. The summed E-state index contributed by atoms with van der Waals surface area (Å²) in [6.07, 6.45) is 4.32. The Balaban J connectivity index is 2.40. The van der Waals surface area contributed by atoms with Crippen LogP contribution in [-0.2, 0) is 0 Å². The van der Waals surface area contributed by atoms with E-state index < -0.39 is 0 Å². The zero-order chi connectivity index (χ0) is 11.7. The molecule has 0 saturated heterocycles. The highest BCUT2D eigenvalue weighted by atomic mass is 35.5. The second-order valence-electron chi connectivity index (χ2n) is 4.05. The van der Waals surface area contributed by atoms with E-state index >= 15 is 0 Å². The van der Waals surface area contributed by atoms with Gasteiger partial charge in [-0.15, -0.1) is 0 Å². The van der Waals surface area contributed by atoms with Crippen LogP contribution >= 0.6 is 23.2 Å². The van der Waals surface area contributed by atoms with Crippen LogP contribution in [0.5, 0.6) is 0 Å². The van der Waals surface area contributed by atoms with Gasteiger partial charge in [0.05, 0.1) is 0 Å². The lowest BCUT2D eigenvalue weighted by Crippen LogP contribution is -2.14. The summed E-state index contributed by atoms with van der Waals surface area (Å²) >= 11 is 12.0. The SMILES string of the molecule is CC1=CC(c2cc(Cl)cc(Cl)c2)C=C(C)N1. The molecule has 1 aliphatic heterocycles. The van der Waals surface area contributed by atoms with E-state index in [1.54, 1.807) is 6.07 Å². The Labute approximate surface area is 106 Å². The number of hydrogen-bond donors (Lipinski definition) is 1. The maximum absolute atomic E-state index is 6.00. The Morgan fingerprint density at radius 3 is 1.94 bits per heavy atom. The Morgan fingerprint density at radius 1 is 0.938 bits per heavy atom. The third-order valence-electron chi connectivity index (χ3n) is 2.52. The minimum absolute atomic E-state index is 0.248. The van der Waals surface area contributed by atoms with Gasteiger partial charge in [0.2, 0.25) is 0 Å². The summed E-state index contributed by atoms with van der Waals surface area (Å²) in [5.74, 6) is 0.248. The van der Waals surface area contributed by atoms with Gasteiger partial charge in [-0.1, -0.05) is 35.4 Å². The summed E-state index contributed by atoms with van der Waals surface area (Å²) in [6, 6.07) is 5.66. The molecule has 0 saturated carbocycles. The fourth-order valence-corrected chi connectivity index (χ4v) is 2.48. The van der Waals surface area contributed by atoms with Gasteiger partial charge >= 0.3 is 0 Å². The van der Waals surface area contributed by atoms with Crippen molar-refractivity contribution >= 4 is 23.2 Å². The highest BCUT2D eigenvalue weighted by Gasteiger charge is 2.12. The van der Waals surface area contributed by atoms with E-state index in [9.17, 15) is 0 Å². The van der Waals surface area contributed by atoms with Crippen LogP contribution in [0.3, 0.4) is 0 Å². The van der Waals surface area contributed by atoms with Crippen LogP contribution in [0.4, 0.5) is 0 Å². The zero-order valence-electron chi connectivity index (χ0n) is 9.22. The van der Waals surface area contributed by atoms with Gasteiger partial charge in [0.25, 0.3) is 0 Å². The van der Waals surface area contributed by atoms with Crippen molar-refractivity contribution in [1.82, 2.24) is 5.32 Å². The van der Waals surface area contributed by atoms with Crippen LogP contribution < -0.4 is 5.32 Å². The second kappa shape index (κ2) is 4.52. The van der Waals surface area contributed by atoms with Crippen LogP contribution in [0.25, 0.3) is 0 Å². The van der Waals surface area contributed by atoms with Crippen molar-refractivity contribution < 1.29 is 0 Å². The molecular formula is C13H13Cl2N. The maximum Gasteiger partial charge on any atom is 0.0423 e. The molecule has 84 valence electrons. The minimum atomic E-state index is 0.248. The molecule has 1 heterocycles. The first-order chi connectivity index (χ1) is 7.54. The number of rotatable bonds is 1. The van der Waals surface area contributed by atoms with Gasteiger partial charge in [0.1, 0.15) is 0 Å². The largest absolute Gasteiger partial charge is 0.363 e. The average Bonchev–Trinajstić information content (AvgIpc) is 2.14. The number of halogens is 2. The summed E-state index contributed by atoms with van der Waals surface area (Å²) in [7, 11) is 0. The van der Waals surface area contributed by atoms with Gasteiger partial charge in [0.15, 0.2) is 0 Å². The standard InChI is InChI=1S/C13H13Cl2N/c1-8-3-10(4-9(2)16-8)11-5-12(14)7-13(15)6-11/h3-7,10,16H,1-2H3. The maximum atomic E-state index is 6.00. The molecule has 1 aromatic carbocycles. The van der Waals surface area contributed by atoms with Crippen molar-refractivity contribution in [2.45, 2.75) is 19.8 Å². The monoisotopic (exact) mass is 253 g/mol. The normalized spacial score (nSPS) is 16.5. The Bertz CT molecular complexity index is 437. The van der Waals surface area contributed by atoms with Crippen molar-refractivity contribution in [2.24, 2.45) is 0 Å². The smallest absolute Gasteiger partial charge is 0.0423 e. The number of dihydropyridines is 1. The molecule has 0 radical (unpaired) electrons. The first-order valence-electron chi connectivity index (χ1n) is 5.14. The molecule has 1 nitrogen and oxygen atoms in total. The lowest BCUT2D eigenvalue weighted by molar-refractivity contribution is 0.870. The van der Waals surface area contributed by atoms with Crippen molar-refractivity contribution in [3.63, 3.8) is 0 Å². The Hall–Kier alpha value is -0.920. The number of allylic oxidation sites excluding steroid dienone is 4. The fourth-order valence-electron chi connectivity index (χ4n) is 1.94. The molecule has 0 amide bonds. The predicted octanol–water partition coefficient (Wildman–Crippen LogP) is 4.49. The summed E-state index contributed by atoms with van der Waals surface area (Å²) in [4.78, 5) is 0. The van der Waals surface area contributed by atoms with Crippen LogP contribution in [-0.4, -0.2) is 0 Å². The van der Waals surface area contributed by atoms with Gasteiger partial charge in [-0.3, -0.25) is 0 Å². The molecule has 0 unspecified atom stereocenters. The topological polar surface area (TPSA) is 12.0 Å². The van der Waals surface area contributed by atoms with Gasteiger partial charge in [-0.25, -0.2) is 0 Å². The Kier molecular flexibility index (Phi) is 3.27. The van der Waals surface area contributed by atoms with Crippen molar-refractivity contribution in [1.29, 1.82) is 0 Å². The molecular weight excluding hydrogens is 241 g/mol. The van der Waals surface area contributed by atoms with Gasteiger partial charge in [-0.2, -0.15) is 0 Å². The molecule has 0 atom stereocenters. The van der Waals surface area contributed by atoms with E-state index in [1.165, 1.54) is 0 Å². The highest BCUT2D eigenvalue weighted by Crippen LogP contribution is 2.29. The molecule has 0 fully saturated rings. The minimum Gasteiger partial charge on any atom is -0.363 e. The van der Waals surface area contributed by atoms with Crippen LogP contribution in [0.1, 0.15) is 25.3 Å². The quantitative estimate of drug-likeness (QED) is 0.778. The van der Waals surface area contributed by atoms with Crippen molar-refractivity contribution in [2.75, 3.05) is 0 Å². The molecule has 3 heteroatoms. The highest BCUT2D eigenvalue weighted by molar-refractivity contribution is 6.34. The first kappa shape index (κ1) is 11.6. The van der Waals surface area contributed by atoms with Gasteiger partial charge < -0.3 is 5.32 Å². The third-order valence-corrected chi connectivity index (χ3v) is 2.96. The number of nitrogens with one attached hydrogen (secondary N) is 1. The third kappa shape index (κ3) is 2.60. The molecule has 0 aromatic heterocycles. The lowest BCUT2D eigenvalue weighted by Gasteiger charge is -2.19. The molecule has 0 bridgehead atoms. The van der Waals surface area contributed by atoms with Gasteiger partial charge in [-0.05, 0) is 37.6 Å². The van der Waals surface area contributed by atoms with E-state index in [1.807, 2.05) is 12.1 Å². The molecule has 1 N–H and O–H groups in total. The molecule has 0 aliphatic carbocycles. The van der Waals surface area contributed by atoms with Crippen LogP contribution in [0, 0.1) is 0 Å². The van der Waals surface area contributed by atoms with Gasteiger partial charge in [0, 0.05) is 27.4 Å². The summed E-state index contributed by atoms with van der Waals surface area (Å²) < 4.78 is 0. The van der Waals surface area contributed by atoms with E-state index in [2.05, 4.69) is 31.3 Å². The first-order valence-corrected chi connectivity index (χ1v) is 5.90. The van der Waals surface area contributed by atoms with Crippen molar-refractivity contribution in [3.8, 4) is 0 Å². The predicted molar refractivity (Wildman–Crippen MR) is 69.9 cm³/mol. The lowest BCUT2D eigenvalue weighted by atomic mass is 9.95. The van der Waals surface area contributed by atoms with E-state index in [-0.39, 0.29) is 5.92 Å².